The molecule has 0 spiro atoms. The van der Waals surface area contributed by atoms with Crippen molar-refractivity contribution in [2.75, 3.05) is 46.9 Å². The van der Waals surface area contributed by atoms with Crippen molar-refractivity contribution in [3.63, 3.8) is 0 Å². The van der Waals surface area contributed by atoms with Crippen LogP contribution in [0.15, 0.2) is 12.4 Å². The van der Waals surface area contributed by atoms with Crippen molar-refractivity contribution in [3.8, 4) is 0 Å². The summed E-state index contributed by atoms with van der Waals surface area (Å²) < 4.78 is 7.37. The first-order valence-corrected chi connectivity index (χ1v) is 9.03. The average Bonchev–Trinajstić information content (AvgIpc) is 3.12. The number of likely N-dealkylation sites (tertiary alicyclic amines) is 1. The summed E-state index contributed by atoms with van der Waals surface area (Å²) in [6.07, 6.45) is 8.17. The van der Waals surface area contributed by atoms with E-state index in [0.29, 0.717) is 0 Å². The molecule has 1 aromatic heterocycles. The lowest BCUT2D eigenvalue weighted by Gasteiger charge is -2.35. The maximum atomic E-state index is 5.22. The number of aromatic nitrogens is 2. The van der Waals surface area contributed by atoms with Crippen molar-refractivity contribution in [3.05, 3.63) is 18.2 Å². The molecule has 1 saturated heterocycles. The standard InChI is InChI=1S/C18H32N4O/c1-20(9-10-23-3)11-15-5-4-6-16-12-22(13-17(15)16)14-18-19-7-8-21(18)2/h7-8,15-17H,4-6,9-14H2,1-3H3/t15-,16+,17+/m0/s1. The van der Waals surface area contributed by atoms with Crippen LogP contribution in [0.2, 0.25) is 0 Å². The fraction of sp³-hybridized carbons (Fsp3) is 0.833. The Kier molecular flexibility index (Phi) is 5.72. The van der Waals surface area contributed by atoms with Crippen LogP contribution in [-0.4, -0.2) is 66.3 Å². The molecule has 1 saturated carbocycles. The molecule has 2 heterocycles. The zero-order chi connectivity index (χ0) is 16.2. The highest BCUT2D eigenvalue weighted by Crippen LogP contribution is 2.40. The number of nitrogens with zero attached hydrogens (tertiary/aromatic N) is 4. The molecule has 0 radical (unpaired) electrons. The lowest BCUT2D eigenvalue weighted by Crippen LogP contribution is -2.37. The number of hydrogen-bond acceptors (Lipinski definition) is 4. The quantitative estimate of drug-likeness (QED) is 0.768. The van der Waals surface area contributed by atoms with Gasteiger partial charge in [-0.3, -0.25) is 4.90 Å². The van der Waals surface area contributed by atoms with E-state index in [-0.39, 0.29) is 0 Å². The van der Waals surface area contributed by atoms with Crippen LogP contribution in [0.3, 0.4) is 0 Å². The molecule has 0 bridgehead atoms. The fourth-order valence-corrected chi connectivity index (χ4v) is 4.53. The van der Waals surface area contributed by atoms with Crippen LogP contribution >= 0.6 is 0 Å². The summed E-state index contributed by atoms with van der Waals surface area (Å²) in [4.78, 5) is 9.58. The molecule has 3 atom stereocenters. The largest absolute Gasteiger partial charge is 0.383 e. The van der Waals surface area contributed by atoms with Crippen molar-refractivity contribution < 1.29 is 4.74 Å². The lowest BCUT2D eigenvalue weighted by molar-refractivity contribution is 0.117. The Morgan fingerprint density at radius 2 is 2.22 bits per heavy atom. The minimum Gasteiger partial charge on any atom is -0.383 e. The Balaban J connectivity index is 1.55. The molecule has 130 valence electrons. The molecule has 5 heteroatoms. The van der Waals surface area contributed by atoms with E-state index in [1.165, 1.54) is 44.7 Å². The first-order chi connectivity index (χ1) is 11.2. The van der Waals surface area contributed by atoms with Crippen molar-refractivity contribution in [2.45, 2.75) is 25.8 Å². The topological polar surface area (TPSA) is 33.5 Å². The summed E-state index contributed by atoms with van der Waals surface area (Å²) in [6, 6.07) is 0. The van der Waals surface area contributed by atoms with Crippen molar-refractivity contribution in [1.82, 2.24) is 19.4 Å². The van der Waals surface area contributed by atoms with Crippen LogP contribution in [0.25, 0.3) is 0 Å². The monoisotopic (exact) mass is 320 g/mol. The normalized spacial score (nSPS) is 28.4. The number of imidazole rings is 1. The molecular weight excluding hydrogens is 288 g/mol. The molecule has 23 heavy (non-hydrogen) atoms. The number of aryl methyl sites for hydroxylation is 1. The smallest absolute Gasteiger partial charge is 0.122 e. The van der Waals surface area contributed by atoms with Gasteiger partial charge in [0, 0.05) is 52.7 Å². The summed E-state index contributed by atoms with van der Waals surface area (Å²) in [5.74, 6) is 3.80. The Bertz CT molecular complexity index is 489. The van der Waals surface area contributed by atoms with Gasteiger partial charge in [-0.2, -0.15) is 0 Å². The van der Waals surface area contributed by atoms with Gasteiger partial charge in [0.25, 0.3) is 0 Å². The highest BCUT2D eigenvalue weighted by molar-refractivity contribution is 4.96. The summed E-state index contributed by atoms with van der Waals surface area (Å²) >= 11 is 0. The van der Waals surface area contributed by atoms with Crippen LogP contribution in [-0.2, 0) is 18.3 Å². The van der Waals surface area contributed by atoms with E-state index in [4.69, 9.17) is 4.74 Å². The SMILES string of the molecule is COCCN(C)C[C@@H]1CCC[C@@H]2CN(Cc3nccn3C)C[C@@H]21. The van der Waals surface area contributed by atoms with E-state index in [0.717, 1.165) is 37.5 Å². The van der Waals surface area contributed by atoms with Gasteiger partial charge in [-0.25, -0.2) is 4.98 Å². The van der Waals surface area contributed by atoms with Crippen LogP contribution in [0, 0.1) is 17.8 Å². The van der Waals surface area contributed by atoms with Crippen LogP contribution in [0.1, 0.15) is 25.1 Å². The zero-order valence-electron chi connectivity index (χ0n) is 14.9. The first-order valence-electron chi connectivity index (χ1n) is 9.03. The van der Waals surface area contributed by atoms with Gasteiger partial charge in [-0.15, -0.1) is 0 Å². The third-order valence-corrected chi connectivity index (χ3v) is 5.83. The van der Waals surface area contributed by atoms with Crippen LogP contribution in [0.5, 0.6) is 0 Å². The Hall–Kier alpha value is -0.910. The summed E-state index contributed by atoms with van der Waals surface area (Å²) in [6.45, 7) is 6.61. The summed E-state index contributed by atoms with van der Waals surface area (Å²) in [7, 11) is 6.12. The Morgan fingerprint density at radius 3 is 2.96 bits per heavy atom. The number of rotatable bonds is 7. The van der Waals surface area contributed by atoms with E-state index in [2.05, 4.69) is 33.4 Å². The van der Waals surface area contributed by atoms with E-state index in [9.17, 15) is 0 Å². The molecule has 5 nitrogen and oxygen atoms in total. The highest BCUT2D eigenvalue weighted by Gasteiger charge is 2.40. The van der Waals surface area contributed by atoms with E-state index in [1.54, 1.807) is 7.11 Å². The van der Waals surface area contributed by atoms with Gasteiger partial charge in [0.2, 0.25) is 0 Å². The van der Waals surface area contributed by atoms with Crippen LogP contribution in [0.4, 0.5) is 0 Å². The Labute approximate surface area is 140 Å². The molecule has 0 aromatic carbocycles. The molecule has 1 aliphatic carbocycles. The molecule has 0 N–H and O–H groups in total. The highest BCUT2D eigenvalue weighted by atomic mass is 16.5. The van der Waals surface area contributed by atoms with Gasteiger partial charge in [0.15, 0.2) is 0 Å². The Morgan fingerprint density at radius 1 is 1.35 bits per heavy atom. The fourth-order valence-electron chi connectivity index (χ4n) is 4.53. The lowest BCUT2D eigenvalue weighted by atomic mass is 9.74. The number of ether oxygens (including phenoxy) is 1. The number of hydrogen-bond donors (Lipinski definition) is 0. The third kappa shape index (κ3) is 4.14. The van der Waals surface area contributed by atoms with E-state index in [1.807, 2.05) is 12.4 Å². The number of fused-ring (bicyclic) bond motifs is 1. The third-order valence-electron chi connectivity index (χ3n) is 5.83. The second kappa shape index (κ2) is 7.77. The number of likely N-dealkylation sites (N-methyl/N-ethyl adjacent to an activating group) is 1. The summed E-state index contributed by atoms with van der Waals surface area (Å²) in [5, 5.41) is 0. The van der Waals surface area contributed by atoms with Crippen molar-refractivity contribution in [1.29, 1.82) is 0 Å². The van der Waals surface area contributed by atoms with Gasteiger partial charge in [-0.05, 0) is 37.6 Å². The predicted octanol–water partition coefficient (Wildman–Crippen LogP) is 1.85. The number of methoxy groups -OCH3 is 1. The second-order valence-corrected chi connectivity index (χ2v) is 7.52. The van der Waals surface area contributed by atoms with Crippen LogP contribution < -0.4 is 0 Å². The van der Waals surface area contributed by atoms with Gasteiger partial charge >= 0.3 is 0 Å². The maximum absolute atomic E-state index is 5.22. The van der Waals surface area contributed by atoms with Gasteiger partial charge < -0.3 is 14.2 Å². The van der Waals surface area contributed by atoms with E-state index >= 15 is 0 Å². The molecule has 1 aliphatic heterocycles. The van der Waals surface area contributed by atoms with Crippen molar-refractivity contribution >= 4 is 0 Å². The predicted molar refractivity (Wildman–Crippen MR) is 92.2 cm³/mol. The zero-order valence-corrected chi connectivity index (χ0v) is 14.9. The molecule has 0 unspecified atom stereocenters. The molecule has 2 fully saturated rings. The molecule has 3 rings (SSSR count). The van der Waals surface area contributed by atoms with Gasteiger partial charge in [0.05, 0.1) is 13.2 Å². The second-order valence-electron chi connectivity index (χ2n) is 7.52. The molecule has 0 amide bonds. The minimum absolute atomic E-state index is 0.836. The van der Waals surface area contributed by atoms with E-state index < -0.39 is 0 Å². The summed E-state index contributed by atoms with van der Waals surface area (Å²) in [5.41, 5.74) is 0. The van der Waals surface area contributed by atoms with Gasteiger partial charge in [-0.1, -0.05) is 6.42 Å². The average molecular weight is 320 g/mol. The molecule has 1 aromatic rings. The molecule has 2 aliphatic rings. The first kappa shape index (κ1) is 16.9. The maximum Gasteiger partial charge on any atom is 0.122 e. The molecular formula is C18H32N4O. The minimum atomic E-state index is 0.836. The van der Waals surface area contributed by atoms with Gasteiger partial charge in [0.1, 0.15) is 5.82 Å². The van der Waals surface area contributed by atoms with Crippen molar-refractivity contribution in [2.24, 2.45) is 24.8 Å².